The third-order valence-corrected chi connectivity index (χ3v) is 3.90. The predicted molar refractivity (Wildman–Crippen MR) is 82.3 cm³/mol. The van der Waals surface area contributed by atoms with Gasteiger partial charge >= 0.3 is 0 Å². The summed E-state index contributed by atoms with van der Waals surface area (Å²) in [6, 6.07) is 15.1. The third kappa shape index (κ3) is 3.24. The monoisotopic (exact) mass is 299 g/mol. The number of carbonyl (C=O) groups excluding carboxylic acids is 1. The van der Waals surface area contributed by atoms with Crippen LogP contribution in [0.4, 0.5) is 4.39 Å². The number of ether oxygens (including phenoxy) is 1. The minimum Gasteiger partial charge on any atom is -0.379 e. The Labute approximate surface area is 129 Å². The first-order chi connectivity index (χ1) is 10.8. The Morgan fingerprint density at radius 2 is 1.64 bits per heavy atom. The average Bonchev–Trinajstić information content (AvgIpc) is 2.57. The molecule has 1 heterocycles. The third-order valence-electron chi connectivity index (χ3n) is 3.90. The van der Waals surface area contributed by atoms with E-state index in [9.17, 15) is 9.18 Å². The number of hydrogen-bond donors (Lipinski definition) is 0. The van der Waals surface area contributed by atoms with Crippen LogP contribution in [-0.2, 0) is 4.74 Å². The second-order valence-corrected chi connectivity index (χ2v) is 5.33. The molecule has 22 heavy (non-hydrogen) atoms. The Kier molecular flexibility index (Phi) is 4.61. The summed E-state index contributed by atoms with van der Waals surface area (Å²) in [5.41, 5.74) is 1.49. The maximum absolute atomic E-state index is 13.1. The van der Waals surface area contributed by atoms with E-state index in [1.807, 2.05) is 30.3 Å². The standard InChI is InChI=1S/C18H18FNO2/c19-16-8-6-15(7-9-16)18(21)17(14-4-2-1-3-5-14)20-10-12-22-13-11-20/h1-9,17H,10-13H2/t17-/m1/s1. The second-order valence-electron chi connectivity index (χ2n) is 5.33. The molecule has 0 radical (unpaired) electrons. The number of halogens is 1. The minimum atomic E-state index is -0.351. The van der Waals surface area contributed by atoms with E-state index in [1.54, 1.807) is 12.1 Å². The molecule has 114 valence electrons. The van der Waals surface area contributed by atoms with Crippen LogP contribution in [0.2, 0.25) is 0 Å². The summed E-state index contributed by atoms with van der Waals surface area (Å²) in [5.74, 6) is -0.340. The van der Waals surface area contributed by atoms with Gasteiger partial charge in [-0.05, 0) is 29.8 Å². The van der Waals surface area contributed by atoms with E-state index in [0.717, 1.165) is 5.56 Å². The number of morpholine rings is 1. The van der Waals surface area contributed by atoms with Crippen molar-refractivity contribution in [2.45, 2.75) is 6.04 Å². The number of ketones is 1. The highest BCUT2D eigenvalue weighted by Crippen LogP contribution is 2.26. The van der Waals surface area contributed by atoms with Crippen molar-refractivity contribution in [2.75, 3.05) is 26.3 Å². The fraction of sp³-hybridized carbons (Fsp3) is 0.278. The highest BCUT2D eigenvalue weighted by atomic mass is 19.1. The SMILES string of the molecule is O=C(c1ccc(F)cc1)[C@@H](c1ccccc1)N1CCOCC1. The molecule has 0 aromatic heterocycles. The zero-order valence-corrected chi connectivity index (χ0v) is 12.2. The van der Waals surface area contributed by atoms with E-state index in [4.69, 9.17) is 4.74 Å². The first-order valence-corrected chi connectivity index (χ1v) is 7.42. The van der Waals surface area contributed by atoms with Crippen LogP contribution in [0.3, 0.4) is 0 Å². The molecular formula is C18H18FNO2. The normalized spacial score (nSPS) is 17.1. The van der Waals surface area contributed by atoms with Gasteiger partial charge in [-0.25, -0.2) is 4.39 Å². The summed E-state index contributed by atoms with van der Waals surface area (Å²) in [6.07, 6.45) is 0. The van der Waals surface area contributed by atoms with Crippen LogP contribution in [0.1, 0.15) is 22.0 Å². The van der Waals surface area contributed by atoms with Crippen molar-refractivity contribution in [1.29, 1.82) is 0 Å². The Balaban J connectivity index is 1.93. The van der Waals surface area contributed by atoms with E-state index in [2.05, 4.69) is 4.90 Å². The lowest BCUT2D eigenvalue weighted by Gasteiger charge is -2.33. The molecule has 0 saturated carbocycles. The molecule has 2 aromatic rings. The quantitative estimate of drug-likeness (QED) is 0.813. The van der Waals surface area contributed by atoms with Crippen molar-refractivity contribution >= 4 is 5.78 Å². The van der Waals surface area contributed by atoms with Crippen molar-refractivity contribution in [3.05, 3.63) is 71.5 Å². The van der Waals surface area contributed by atoms with Crippen LogP contribution in [0.15, 0.2) is 54.6 Å². The number of Topliss-reactive ketones (excluding diaryl/α,β-unsaturated/α-hetero) is 1. The number of carbonyl (C=O) groups is 1. The van der Waals surface area contributed by atoms with Crippen LogP contribution < -0.4 is 0 Å². The summed E-state index contributed by atoms with van der Waals surface area (Å²) in [6.45, 7) is 2.68. The van der Waals surface area contributed by atoms with Gasteiger partial charge in [-0.15, -0.1) is 0 Å². The van der Waals surface area contributed by atoms with Gasteiger partial charge in [-0.1, -0.05) is 30.3 Å². The van der Waals surface area contributed by atoms with Crippen molar-refractivity contribution in [3.63, 3.8) is 0 Å². The first kappa shape index (κ1) is 14.9. The van der Waals surface area contributed by atoms with Crippen LogP contribution in [0.5, 0.6) is 0 Å². The summed E-state index contributed by atoms with van der Waals surface area (Å²) in [5, 5.41) is 0. The van der Waals surface area contributed by atoms with E-state index < -0.39 is 0 Å². The molecule has 3 nitrogen and oxygen atoms in total. The number of hydrogen-bond acceptors (Lipinski definition) is 3. The summed E-state index contributed by atoms with van der Waals surface area (Å²) >= 11 is 0. The van der Waals surface area contributed by atoms with Crippen LogP contribution in [0, 0.1) is 5.82 Å². The molecule has 3 rings (SSSR count). The van der Waals surface area contributed by atoms with Gasteiger partial charge in [0.05, 0.1) is 19.3 Å². The van der Waals surface area contributed by atoms with Crippen LogP contribution >= 0.6 is 0 Å². The summed E-state index contributed by atoms with van der Waals surface area (Å²) in [4.78, 5) is 15.1. The van der Waals surface area contributed by atoms with Gasteiger partial charge in [-0.3, -0.25) is 9.69 Å². The highest BCUT2D eigenvalue weighted by Gasteiger charge is 2.29. The molecule has 1 aliphatic heterocycles. The lowest BCUT2D eigenvalue weighted by Crippen LogP contribution is -2.42. The molecule has 1 aliphatic rings. The van der Waals surface area contributed by atoms with E-state index >= 15 is 0 Å². The van der Waals surface area contributed by atoms with Crippen LogP contribution in [-0.4, -0.2) is 37.0 Å². The Bertz CT molecular complexity index is 621. The molecule has 0 unspecified atom stereocenters. The van der Waals surface area contributed by atoms with E-state index in [-0.39, 0.29) is 17.6 Å². The maximum atomic E-state index is 13.1. The van der Waals surface area contributed by atoms with Gasteiger partial charge < -0.3 is 4.74 Å². The average molecular weight is 299 g/mol. The van der Waals surface area contributed by atoms with E-state index in [1.165, 1.54) is 12.1 Å². The van der Waals surface area contributed by atoms with Crippen LogP contribution in [0.25, 0.3) is 0 Å². The number of nitrogens with zero attached hydrogens (tertiary/aromatic N) is 1. The smallest absolute Gasteiger partial charge is 0.184 e. The molecule has 1 atom stereocenters. The highest BCUT2D eigenvalue weighted by molar-refractivity contribution is 6.00. The molecular weight excluding hydrogens is 281 g/mol. The topological polar surface area (TPSA) is 29.5 Å². The molecule has 4 heteroatoms. The molecule has 2 aromatic carbocycles. The van der Waals surface area contributed by atoms with E-state index in [0.29, 0.717) is 31.9 Å². The Morgan fingerprint density at radius 1 is 1.00 bits per heavy atom. The van der Waals surface area contributed by atoms with Gasteiger partial charge in [0.2, 0.25) is 0 Å². The fourth-order valence-electron chi connectivity index (χ4n) is 2.77. The largest absolute Gasteiger partial charge is 0.379 e. The van der Waals surface area contributed by atoms with Gasteiger partial charge in [0, 0.05) is 18.7 Å². The molecule has 1 fully saturated rings. The molecule has 0 aliphatic carbocycles. The lowest BCUT2D eigenvalue weighted by molar-refractivity contribution is 0.0172. The summed E-state index contributed by atoms with van der Waals surface area (Å²) in [7, 11) is 0. The lowest BCUT2D eigenvalue weighted by atomic mass is 9.95. The van der Waals surface area contributed by atoms with Crippen molar-refractivity contribution in [3.8, 4) is 0 Å². The van der Waals surface area contributed by atoms with Crippen molar-refractivity contribution < 1.29 is 13.9 Å². The van der Waals surface area contributed by atoms with Gasteiger partial charge in [0.25, 0.3) is 0 Å². The number of rotatable bonds is 4. The molecule has 1 saturated heterocycles. The zero-order chi connectivity index (χ0) is 15.4. The maximum Gasteiger partial charge on any atom is 0.184 e. The second kappa shape index (κ2) is 6.81. The number of benzene rings is 2. The zero-order valence-electron chi connectivity index (χ0n) is 12.2. The molecule has 0 bridgehead atoms. The Morgan fingerprint density at radius 3 is 2.27 bits per heavy atom. The summed E-state index contributed by atoms with van der Waals surface area (Å²) < 4.78 is 18.5. The fourth-order valence-corrected chi connectivity index (χ4v) is 2.77. The predicted octanol–water partition coefficient (Wildman–Crippen LogP) is 3.08. The molecule has 0 amide bonds. The minimum absolute atomic E-state index is 0.00639. The first-order valence-electron chi connectivity index (χ1n) is 7.42. The van der Waals surface area contributed by atoms with Crippen molar-refractivity contribution in [1.82, 2.24) is 4.90 Å². The van der Waals surface area contributed by atoms with Crippen molar-refractivity contribution in [2.24, 2.45) is 0 Å². The van der Waals surface area contributed by atoms with Gasteiger partial charge in [-0.2, -0.15) is 0 Å². The van der Waals surface area contributed by atoms with Gasteiger partial charge in [0.1, 0.15) is 5.82 Å². The molecule has 0 N–H and O–H groups in total. The Hall–Kier alpha value is -2.04. The van der Waals surface area contributed by atoms with Gasteiger partial charge in [0.15, 0.2) is 5.78 Å². The molecule has 0 spiro atoms.